The Morgan fingerprint density at radius 2 is 1.56 bits per heavy atom. The number of carbonyl (C=O) groups is 1. The van der Waals surface area contributed by atoms with Crippen LogP contribution in [0.2, 0.25) is 0 Å². The average Bonchev–Trinajstić information content (AvgIpc) is 2.66. The van der Waals surface area contributed by atoms with Crippen LogP contribution in [0, 0.1) is 5.92 Å². The van der Waals surface area contributed by atoms with Gasteiger partial charge in [0.25, 0.3) is 0 Å². The fourth-order valence-electron chi connectivity index (χ4n) is 3.19. The maximum atomic E-state index is 12.4. The van der Waals surface area contributed by atoms with E-state index in [1.165, 1.54) is 0 Å². The first-order valence-electron chi connectivity index (χ1n) is 10.2. The van der Waals surface area contributed by atoms with Crippen LogP contribution in [0.4, 0.5) is 0 Å². The number of hydrogen-bond acceptors (Lipinski definition) is 4. The molecule has 0 saturated carbocycles. The average molecular weight is 382 g/mol. The highest BCUT2D eigenvalue weighted by atomic mass is 16.5. The summed E-state index contributed by atoms with van der Waals surface area (Å²) >= 11 is 0. The van der Waals surface area contributed by atoms with E-state index in [-0.39, 0.29) is 17.5 Å². The Morgan fingerprint density at radius 3 is 2.04 bits per heavy atom. The van der Waals surface area contributed by atoms with Crippen LogP contribution in [-0.2, 0) is 4.74 Å². The van der Waals surface area contributed by atoms with E-state index in [9.17, 15) is 4.79 Å². The van der Waals surface area contributed by atoms with Crippen LogP contribution in [0.5, 0.6) is 5.75 Å². The lowest BCUT2D eigenvalue weighted by Crippen LogP contribution is -2.51. The maximum absolute atomic E-state index is 12.4. The minimum Gasteiger partial charge on any atom is -0.870 e. The van der Waals surface area contributed by atoms with Crippen LogP contribution in [-0.4, -0.2) is 54.8 Å². The highest BCUT2D eigenvalue weighted by molar-refractivity contribution is 5.89. The number of quaternary nitrogens is 1. The molecule has 0 spiro atoms. The number of unbranched alkanes of at least 4 members (excludes halogenated alkanes) is 1. The first-order valence-corrected chi connectivity index (χ1v) is 10.2. The molecule has 0 aliphatic rings. The van der Waals surface area contributed by atoms with Crippen molar-refractivity contribution in [3.05, 3.63) is 29.8 Å². The molecular weight excluding hydrogens is 342 g/mol. The molecule has 0 aromatic heterocycles. The third kappa shape index (κ3) is 7.89. The van der Waals surface area contributed by atoms with E-state index in [0.29, 0.717) is 18.1 Å². The monoisotopic (exact) mass is 381 g/mol. The summed E-state index contributed by atoms with van der Waals surface area (Å²) in [4.78, 5) is 12.4. The van der Waals surface area contributed by atoms with Gasteiger partial charge in [0.2, 0.25) is 0 Å². The van der Waals surface area contributed by atoms with Crippen molar-refractivity contribution in [3.63, 3.8) is 0 Å². The molecule has 1 aromatic carbocycles. The third-order valence-corrected chi connectivity index (χ3v) is 5.64. The zero-order valence-electron chi connectivity index (χ0n) is 18.0. The predicted molar refractivity (Wildman–Crippen MR) is 110 cm³/mol. The van der Waals surface area contributed by atoms with Gasteiger partial charge in [-0.15, -0.1) is 0 Å². The second-order valence-electron chi connectivity index (χ2n) is 7.29. The smallest absolute Gasteiger partial charge is 0.338 e. The molecule has 0 radical (unpaired) electrons. The zero-order chi connectivity index (χ0) is 19.6. The molecule has 0 heterocycles. The molecule has 0 fully saturated rings. The minimum absolute atomic E-state index is 0. The molecule has 1 rings (SSSR count). The summed E-state index contributed by atoms with van der Waals surface area (Å²) < 4.78 is 12.4. The number of ether oxygens (including phenoxy) is 2. The number of benzene rings is 1. The highest BCUT2D eigenvalue weighted by Crippen LogP contribution is 2.18. The van der Waals surface area contributed by atoms with Crippen molar-refractivity contribution in [2.45, 2.75) is 60.5 Å². The van der Waals surface area contributed by atoms with Crippen LogP contribution >= 0.6 is 0 Å². The molecule has 156 valence electrons. The molecule has 5 heteroatoms. The van der Waals surface area contributed by atoms with Gasteiger partial charge in [0.1, 0.15) is 11.9 Å². The van der Waals surface area contributed by atoms with Gasteiger partial charge in [-0.25, -0.2) is 4.79 Å². The number of rotatable bonds is 12. The SMILES string of the molecule is CCCCOc1ccc(C(=O)OC(C)C(C)C[N+](CC)(CC)CC)cc1.[OH-]. The van der Waals surface area contributed by atoms with Crippen molar-refractivity contribution >= 4 is 5.97 Å². The molecule has 1 aromatic rings. The first-order chi connectivity index (χ1) is 12.4. The second kappa shape index (κ2) is 12.7. The molecule has 0 amide bonds. The van der Waals surface area contributed by atoms with Crippen molar-refractivity contribution < 1.29 is 24.2 Å². The van der Waals surface area contributed by atoms with Crippen molar-refractivity contribution in [1.29, 1.82) is 0 Å². The summed E-state index contributed by atoms with van der Waals surface area (Å²) in [6.07, 6.45) is 2.03. The normalized spacial score (nSPS) is 13.4. The van der Waals surface area contributed by atoms with Crippen LogP contribution in [0.25, 0.3) is 0 Å². The van der Waals surface area contributed by atoms with Crippen molar-refractivity contribution in [2.24, 2.45) is 5.92 Å². The molecular formula is C22H39NO4. The Labute approximate surface area is 165 Å². The molecule has 2 unspecified atom stereocenters. The van der Waals surface area contributed by atoms with Gasteiger partial charge in [-0.2, -0.15) is 0 Å². The number of carbonyl (C=O) groups excluding carboxylic acids is 1. The summed E-state index contributed by atoms with van der Waals surface area (Å²) in [6, 6.07) is 7.25. The standard InChI is InChI=1S/C22H38NO3.H2O/c1-7-11-16-25-21-14-12-20(13-15-21)22(24)26-19(6)18(5)17-23(8-2,9-3)10-4;/h12-15,18-19H,7-11,16-17H2,1-6H3;1H2/q+1;/p-1. The van der Waals surface area contributed by atoms with Gasteiger partial charge >= 0.3 is 5.97 Å². The molecule has 1 N–H and O–H groups in total. The molecule has 0 aliphatic heterocycles. The van der Waals surface area contributed by atoms with E-state index < -0.39 is 0 Å². The van der Waals surface area contributed by atoms with E-state index in [1.54, 1.807) is 12.1 Å². The predicted octanol–water partition coefficient (Wildman–Crippen LogP) is 4.75. The Kier molecular flexibility index (Phi) is 12.0. The Balaban J connectivity index is 0.00000676. The van der Waals surface area contributed by atoms with E-state index >= 15 is 0 Å². The molecule has 5 nitrogen and oxygen atoms in total. The van der Waals surface area contributed by atoms with Crippen LogP contribution in [0.1, 0.15) is 64.7 Å². The quantitative estimate of drug-likeness (QED) is 0.298. The summed E-state index contributed by atoms with van der Waals surface area (Å²) in [7, 11) is 0. The Hall–Kier alpha value is -1.59. The van der Waals surface area contributed by atoms with Gasteiger partial charge < -0.3 is 19.4 Å². The summed E-state index contributed by atoms with van der Waals surface area (Å²) in [5.74, 6) is 0.856. The summed E-state index contributed by atoms with van der Waals surface area (Å²) in [6.45, 7) is 18.1. The van der Waals surface area contributed by atoms with Gasteiger partial charge in [0.05, 0.1) is 38.3 Å². The van der Waals surface area contributed by atoms with Gasteiger partial charge in [0, 0.05) is 5.92 Å². The highest BCUT2D eigenvalue weighted by Gasteiger charge is 2.28. The molecule has 2 atom stereocenters. The Bertz CT molecular complexity index is 517. The van der Waals surface area contributed by atoms with Crippen LogP contribution < -0.4 is 4.74 Å². The largest absolute Gasteiger partial charge is 0.870 e. The first kappa shape index (κ1) is 25.4. The lowest BCUT2D eigenvalue weighted by atomic mass is 10.0. The molecule has 0 bridgehead atoms. The van der Waals surface area contributed by atoms with Gasteiger partial charge in [0.15, 0.2) is 0 Å². The van der Waals surface area contributed by atoms with Gasteiger partial charge in [-0.1, -0.05) is 20.3 Å². The lowest BCUT2D eigenvalue weighted by Gasteiger charge is -2.39. The maximum Gasteiger partial charge on any atom is 0.338 e. The van der Waals surface area contributed by atoms with E-state index in [2.05, 4.69) is 34.6 Å². The number of hydrogen-bond donors (Lipinski definition) is 0. The zero-order valence-corrected chi connectivity index (χ0v) is 18.0. The fraction of sp³-hybridized carbons (Fsp3) is 0.682. The van der Waals surface area contributed by atoms with Crippen molar-refractivity contribution in [2.75, 3.05) is 32.8 Å². The second-order valence-corrected chi connectivity index (χ2v) is 7.29. The topological polar surface area (TPSA) is 65.5 Å². The van der Waals surface area contributed by atoms with Crippen molar-refractivity contribution in [3.8, 4) is 5.75 Å². The van der Waals surface area contributed by atoms with Gasteiger partial charge in [-0.3, -0.25) is 0 Å². The Morgan fingerprint density at radius 1 is 1.00 bits per heavy atom. The number of esters is 1. The van der Waals surface area contributed by atoms with Crippen LogP contribution in [0.3, 0.4) is 0 Å². The summed E-state index contributed by atoms with van der Waals surface area (Å²) in [5.41, 5.74) is 0.578. The fourth-order valence-corrected chi connectivity index (χ4v) is 3.19. The van der Waals surface area contributed by atoms with Crippen molar-refractivity contribution in [1.82, 2.24) is 0 Å². The van der Waals surface area contributed by atoms with E-state index in [0.717, 1.165) is 49.3 Å². The summed E-state index contributed by atoms with van der Waals surface area (Å²) in [5, 5.41) is 0. The molecule has 27 heavy (non-hydrogen) atoms. The third-order valence-electron chi connectivity index (χ3n) is 5.64. The van der Waals surface area contributed by atoms with E-state index in [4.69, 9.17) is 9.47 Å². The van der Waals surface area contributed by atoms with E-state index in [1.807, 2.05) is 19.1 Å². The molecule has 0 saturated heterocycles. The minimum atomic E-state index is -0.257. The lowest BCUT2D eigenvalue weighted by molar-refractivity contribution is -0.926. The van der Waals surface area contributed by atoms with Gasteiger partial charge in [-0.05, 0) is 58.4 Å². The molecule has 0 aliphatic carbocycles. The number of nitrogens with zero attached hydrogens (tertiary/aromatic N) is 1. The van der Waals surface area contributed by atoms with Crippen LogP contribution in [0.15, 0.2) is 24.3 Å².